The van der Waals surface area contributed by atoms with Crippen molar-refractivity contribution < 1.29 is 19.2 Å². The van der Waals surface area contributed by atoms with Crippen molar-refractivity contribution in [2.75, 3.05) is 45.3 Å². The maximum Gasteiger partial charge on any atom is 0.315 e. The minimum atomic E-state index is -0.740. The Balaban J connectivity index is 1.39. The molecule has 0 aliphatic carbocycles. The lowest BCUT2D eigenvalue weighted by molar-refractivity contribution is -0.384. The highest BCUT2D eigenvalue weighted by Gasteiger charge is 2.41. The summed E-state index contributed by atoms with van der Waals surface area (Å²) in [5.41, 5.74) is 3.69. The number of rotatable bonds is 8. The lowest BCUT2D eigenvalue weighted by atomic mass is 9.75. The highest BCUT2D eigenvalue weighted by atomic mass is 32.1. The lowest BCUT2D eigenvalue weighted by Gasteiger charge is -2.36. The second kappa shape index (κ2) is 12.1. The molecule has 3 heterocycles. The fourth-order valence-corrected chi connectivity index (χ4v) is 6.41. The molecule has 0 spiro atoms. The summed E-state index contributed by atoms with van der Waals surface area (Å²) in [6.45, 7) is 7.64. The van der Waals surface area contributed by atoms with Crippen LogP contribution in [0.25, 0.3) is 5.57 Å². The third-order valence-corrected chi connectivity index (χ3v) is 8.37. The second-order valence-corrected chi connectivity index (χ2v) is 10.8. The van der Waals surface area contributed by atoms with Gasteiger partial charge in [0.2, 0.25) is 0 Å². The molecule has 2 aliphatic rings. The maximum atomic E-state index is 13.0. The number of methoxy groups -OCH3 is 2. The number of aromatic nitrogens is 2. The van der Waals surface area contributed by atoms with Gasteiger partial charge in [0.25, 0.3) is 5.69 Å². The predicted molar refractivity (Wildman–Crippen MR) is 157 cm³/mol. The molecule has 2 unspecified atom stereocenters. The highest BCUT2D eigenvalue weighted by molar-refractivity contribution is 7.06. The van der Waals surface area contributed by atoms with Gasteiger partial charge in [-0.05, 0) is 43.1 Å². The van der Waals surface area contributed by atoms with Crippen LogP contribution in [0.2, 0.25) is 0 Å². The third kappa shape index (κ3) is 5.84. The largest absolute Gasteiger partial charge is 0.495 e. The van der Waals surface area contributed by atoms with E-state index >= 15 is 0 Å². The number of piperazine rings is 1. The van der Waals surface area contributed by atoms with E-state index in [9.17, 15) is 14.9 Å². The van der Waals surface area contributed by atoms with Crippen LogP contribution in [0.1, 0.15) is 36.2 Å². The van der Waals surface area contributed by atoms with Gasteiger partial charge in [-0.2, -0.15) is 4.37 Å². The summed E-state index contributed by atoms with van der Waals surface area (Å²) in [6, 6.07) is 14.4. The summed E-state index contributed by atoms with van der Waals surface area (Å²) in [4.78, 5) is 38.3. The molecule has 2 atom stereocenters. The van der Waals surface area contributed by atoms with Crippen LogP contribution in [0.4, 0.5) is 11.4 Å². The SMILES string of the molecule is COC(=O)C1C(C)=NC(C)=C(c2nc(CN3CCN(c4ccccc4OC)CC3)ns2)C1c1cccc([N+](=O)[O-])c1. The van der Waals surface area contributed by atoms with Crippen molar-refractivity contribution in [1.29, 1.82) is 0 Å². The van der Waals surface area contributed by atoms with E-state index in [4.69, 9.17) is 14.5 Å². The van der Waals surface area contributed by atoms with E-state index in [2.05, 4.69) is 25.2 Å². The molecule has 0 radical (unpaired) electrons. The first-order valence-electron chi connectivity index (χ1n) is 13.3. The van der Waals surface area contributed by atoms with Crippen LogP contribution in [0.5, 0.6) is 5.75 Å². The van der Waals surface area contributed by atoms with E-state index in [1.165, 1.54) is 30.8 Å². The molecule has 1 fully saturated rings. The minimum absolute atomic E-state index is 0.0477. The van der Waals surface area contributed by atoms with Gasteiger partial charge in [0.1, 0.15) is 16.7 Å². The molecule has 0 saturated carbocycles. The quantitative estimate of drug-likeness (QED) is 0.216. The molecule has 2 aliphatic heterocycles. The molecular weight excluding hydrogens is 544 g/mol. The van der Waals surface area contributed by atoms with E-state index in [1.807, 2.05) is 25.1 Å². The summed E-state index contributed by atoms with van der Waals surface area (Å²) in [6.07, 6.45) is 0. The molecule has 3 aromatic rings. The average Bonchev–Trinajstić information content (AvgIpc) is 3.44. The molecule has 2 aromatic carbocycles. The van der Waals surface area contributed by atoms with Gasteiger partial charge in [-0.15, -0.1) is 0 Å². The summed E-state index contributed by atoms with van der Waals surface area (Å²) in [5, 5.41) is 12.2. The Labute approximate surface area is 242 Å². The Hall–Kier alpha value is -4.16. The van der Waals surface area contributed by atoms with Crippen LogP contribution in [-0.4, -0.2) is 71.3 Å². The van der Waals surface area contributed by atoms with E-state index in [-0.39, 0.29) is 5.69 Å². The van der Waals surface area contributed by atoms with E-state index < -0.39 is 22.7 Å². The molecule has 214 valence electrons. The van der Waals surface area contributed by atoms with Gasteiger partial charge in [-0.1, -0.05) is 24.3 Å². The molecule has 12 heteroatoms. The summed E-state index contributed by atoms with van der Waals surface area (Å²) in [5.74, 6) is -0.189. The minimum Gasteiger partial charge on any atom is -0.495 e. The van der Waals surface area contributed by atoms with Gasteiger partial charge in [0, 0.05) is 61.2 Å². The predicted octanol–water partition coefficient (Wildman–Crippen LogP) is 4.56. The number of aliphatic imine (C=N–C) groups is 1. The Morgan fingerprint density at radius 2 is 1.85 bits per heavy atom. The molecular formula is C29H32N6O5S. The molecule has 0 bridgehead atoms. The number of para-hydroxylation sites is 2. The highest BCUT2D eigenvalue weighted by Crippen LogP contribution is 2.45. The van der Waals surface area contributed by atoms with Crippen molar-refractivity contribution in [3.05, 3.63) is 80.7 Å². The number of nitro groups is 1. The number of hydrogen-bond acceptors (Lipinski definition) is 11. The van der Waals surface area contributed by atoms with Crippen LogP contribution in [0.3, 0.4) is 0 Å². The smallest absolute Gasteiger partial charge is 0.315 e. The summed E-state index contributed by atoms with van der Waals surface area (Å²) < 4.78 is 15.3. The van der Waals surface area contributed by atoms with Crippen molar-refractivity contribution in [1.82, 2.24) is 14.3 Å². The van der Waals surface area contributed by atoms with Crippen molar-refractivity contribution in [2.45, 2.75) is 26.3 Å². The number of carbonyl (C=O) groups is 1. The van der Waals surface area contributed by atoms with Gasteiger partial charge < -0.3 is 14.4 Å². The third-order valence-electron chi connectivity index (χ3n) is 7.59. The van der Waals surface area contributed by atoms with E-state index in [0.29, 0.717) is 34.3 Å². The number of allylic oxidation sites excluding steroid dienone is 2. The van der Waals surface area contributed by atoms with Gasteiger partial charge in [-0.3, -0.25) is 24.8 Å². The average molecular weight is 577 g/mol. The maximum absolute atomic E-state index is 13.0. The van der Waals surface area contributed by atoms with Crippen molar-refractivity contribution >= 4 is 40.2 Å². The zero-order chi connectivity index (χ0) is 29.1. The molecule has 1 saturated heterocycles. The Bertz CT molecular complexity index is 1510. The first kappa shape index (κ1) is 28.4. The van der Waals surface area contributed by atoms with Crippen LogP contribution in [0.15, 0.2) is 59.2 Å². The zero-order valence-corrected chi connectivity index (χ0v) is 24.3. The fraction of sp³-hybridized carbons (Fsp3) is 0.379. The number of nitrogens with zero attached hydrogens (tertiary/aromatic N) is 6. The Kier molecular flexibility index (Phi) is 8.41. The van der Waals surface area contributed by atoms with Crippen LogP contribution in [0, 0.1) is 16.0 Å². The Morgan fingerprint density at radius 1 is 1.10 bits per heavy atom. The standard InChI is InChI=1S/C29H32N6O5S/c1-18-25(27(26(19(2)30-18)29(36)40-4)20-8-7-9-21(16-20)35(37)38)28-31-24(32-41-28)17-33-12-14-34(15-13-33)22-10-5-6-11-23(22)39-3/h5-11,16,26-27H,12-15,17H2,1-4H3. The number of nitro benzene ring substituents is 1. The summed E-state index contributed by atoms with van der Waals surface area (Å²) >= 11 is 1.25. The zero-order valence-electron chi connectivity index (χ0n) is 23.4. The number of carbonyl (C=O) groups excluding carboxylic acids is 1. The molecule has 41 heavy (non-hydrogen) atoms. The number of non-ortho nitro benzene ring substituents is 1. The van der Waals surface area contributed by atoms with E-state index in [1.54, 1.807) is 26.2 Å². The number of anilines is 1. The number of hydrogen-bond donors (Lipinski definition) is 0. The number of benzene rings is 2. The Morgan fingerprint density at radius 3 is 2.56 bits per heavy atom. The van der Waals surface area contributed by atoms with Crippen LogP contribution < -0.4 is 9.64 Å². The first-order valence-corrected chi connectivity index (χ1v) is 14.1. The molecule has 0 N–H and O–H groups in total. The number of esters is 1. The van der Waals surface area contributed by atoms with Crippen molar-refractivity contribution in [2.24, 2.45) is 10.9 Å². The topological polar surface area (TPSA) is 123 Å². The van der Waals surface area contributed by atoms with E-state index in [0.717, 1.165) is 43.2 Å². The normalized spacial score (nSPS) is 19.6. The van der Waals surface area contributed by atoms with Crippen molar-refractivity contribution in [3.8, 4) is 5.75 Å². The van der Waals surface area contributed by atoms with Crippen molar-refractivity contribution in [3.63, 3.8) is 0 Å². The molecule has 0 amide bonds. The first-order chi connectivity index (χ1) is 19.8. The second-order valence-electron chi connectivity index (χ2n) is 10.0. The fourth-order valence-electron chi connectivity index (χ4n) is 5.61. The molecule has 11 nitrogen and oxygen atoms in total. The van der Waals surface area contributed by atoms with Crippen LogP contribution in [-0.2, 0) is 16.1 Å². The summed E-state index contributed by atoms with van der Waals surface area (Å²) in [7, 11) is 3.02. The molecule has 5 rings (SSSR count). The monoisotopic (exact) mass is 576 g/mol. The lowest BCUT2D eigenvalue weighted by Crippen LogP contribution is -2.46. The van der Waals surface area contributed by atoms with Gasteiger partial charge >= 0.3 is 5.97 Å². The van der Waals surface area contributed by atoms with Gasteiger partial charge in [-0.25, -0.2) is 4.98 Å². The van der Waals surface area contributed by atoms with Crippen LogP contribution >= 0.6 is 11.5 Å². The molecule has 1 aromatic heterocycles. The number of ether oxygens (including phenoxy) is 2. The van der Waals surface area contributed by atoms with Gasteiger partial charge in [0.05, 0.1) is 31.4 Å². The van der Waals surface area contributed by atoms with Gasteiger partial charge in [0.15, 0.2) is 5.82 Å².